The van der Waals surface area contributed by atoms with Crippen molar-refractivity contribution in [3.63, 3.8) is 0 Å². The van der Waals surface area contributed by atoms with E-state index in [9.17, 15) is 0 Å². The molecule has 0 saturated carbocycles. The number of hydrogen-bond acceptors (Lipinski definition) is 1. The zero-order valence-electron chi connectivity index (χ0n) is 28.2. The molecule has 0 aliphatic rings. The van der Waals surface area contributed by atoms with Crippen LogP contribution in [0.15, 0.2) is 60.7 Å². The van der Waals surface area contributed by atoms with E-state index in [1.165, 1.54) is 11.1 Å². The first-order chi connectivity index (χ1) is 17.4. The van der Waals surface area contributed by atoms with E-state index in [0.717, 1.165) is 0 Å². The van der Waals surface area contributed by atoms with Gasteiger partial charge in [0.05, 0.1) is 0 Å². The third-order valence-electron chi connectivity index (χ3n) is 7.55. The molecule has 2 aromatic carbocycles. The van der Waals surface area contributed by atoms with Gasteiger partial charge < -0.3 is 0 Å². The SMILES string of the molecule is C[Si](C)(C)[Si](O[C]([Ge])(c1ccccc1)c1ccccc1)[Si](C)(C)[Si](C)(C)[Si]([Si](C)(C)C)[Si](C)(C)C.C[Si](C)C. The molecule has 39 heavy (non-hydrogen) atoms. The van der Waals surface area contributed by atoms with E-state index in [4.69, 9.17) is 4.43 Å². The molecule has 2 rings (SSSR count). The molecule has 0 aliphatic carbocycles. The number of benzene rings is 2. The molecule has 2 aromatic rings. The predicted molar refractivity (Wildman–Crippen MR) is 200 cm³/mol. The first-order valence-corrected chi connectivity index (χ1v) is 43.9. The van der Waals surface area contributed by atoms with Crippen molar-refractivity contribution < 1.29 is 4.43 Å². The van der Waals surface area contributed by atoms with Crippen LogP contribution in [-0.4, -0.2) is 77.7 Å². The van der Waals surface area contributed by atoms with Gasteiger partial charge in [-0.3, -0.25) is 0 Å². The fourth-order valence-corrected chi connectivity index (χ4v) is 204. The molecule has 0 atom stereocenters. The molecule has 0 N–H and O–H groups in total. The van der Waals surface area contributed by atoms with Crippen molar-refractivity contribution in [2.45, 2.75) is 109 Å². The largest absolute Gasteiger partial charge is 0.0715 e. The molecule has 216 valence electrons. The third-order valence-corrected chi connectivity index (χ3v) is 125. The monoisotopic (exact) mass is 720 g/mol. The first kappa shape index (κ1) is 37.7. The van der Waals surface area contributed by atoms with E-state index < -0.39 is 49.5 Å². The standard InChI is InChI=1S/C26H49GeOSi7.C3H9Si/c1-31(2,3)29(34(10,11)35(12,13)30(32(4,5)6)33(7,8)9)28-26(27,24-20-16-14-17-21-24)25-22-18-15-19-23-25;1-4(2)3/h14-23H,1-13H3;1-3H3. The van der Waals surface area contributed by atoms with Gasteiger partial charge in [-0.15, -0.1) is 0 Å². The Kier molecular flexibility index (Phi) is 13.5. The van der Waals surface area contributed by atoms with Crippen LogP contribution in [0.5, 0.6) is 0 Å². The van der Waals surface area contributed by atoms with E-state index in [-0.39, 0.29) is 16.1 Å². The van der Waals surface area contributed by atoms with Gasteiger partial charge in [0, 0.05) is 8.80 Å². The van der Waals surface area contributed by atoms with Crippen molar-refractivity contribution in [3.05, 3.63) is 71.8 Å². The predicted octanol–water partition coefficient (Wildman–Crippen LogP) is 8.83. The molecular formula is C29H58GeOSi8. The van der Waals surface area contributed by atoms with Crippen molar-refractivity contribution in [2.75, 3.05) is 0 Å². The average molecular weight is 720 g/mol. The normalized spacial score (nSPS) is 14.1. The Morgan fingerprint density at radius 2 is 0.846 bits per heavy atom. The van der Waals surface area contributed by atoms with Gasteiger partial charge in [-0.25, -0.2) is 0 Å². The fraction of sp³-hybridized carbons (Fsp3) is 0.586. The van der Waals surface area contributed by atoms with Crippen LogP contribution < -0.4 is 0 Å². The molecule has 0 heterocycles. The molecule has 0 saturated heterocycles. The smallest absolute Gasteiger partial charge is 0.0379 e. The summed E-state index contributed by atoms with van der Waals surface area (Å²) in [5.41, 5.74) is 2.61. The molecule has 0 fully saturated rings. The van der Waals surface area contributed by atoms with E-state index in [1.807, 2.05) is 0 Å². The molecule has 0 spiro atoms. The summed E-state index contributed by atoms with van der Waals surface area (Å²) < 4.78 is 7.42. The summed E-state index contributed by atoms with van der Waals surface area (Å²) in [7, 11) is -8.37. The minimum absolute atomic E-state index is 0.120. The summed E-state index contributed by atoms with van der Waals surface area (Å²) in [6.45, 7) is 42.2. The Balaban J connectivity index is 0.00000177. The molecule has 0 bridgehead atoms. The second kappa shape index (κ2) is 14.0. The van der Waals surface area contributed by atoms with Crippen LogP contribution in [0.2, 0.25) is 105 Å². The zero-order chi connectivity index (χ0) is 30.7. The number of hydrogen-bond donors (Lipinski definition) is 0. The maximum Gasteiger partial charge on any atom is 0.0379 e. The Morgan fingerprint density at radius 3 is 1.10 bits per heavy atom. The zero-order valence-corrected chi connectivity index (χ0v) is 38.3. The quantitative estimate of drug-likeness (QED) is 0.223. The topological polar surface area (TPSA) is 9.23 Å². The Labute approximate surface area is 261 Å². The summed E-state index contributed by atoms with van der Waals surface area (Å²) in [5.74, 6) is 0. The van der Waals surface area contributed by atoms with Gasteiger partial charge in [0.15, 0.2) is 0 Å². The molecule has 0 amide bonds. The first-order valence-electron chi connectivity index (χ1n) is 14.5. The van der Waals surface area contributed by atoms with Crippen molar-refractivity contribution in [1.82, 2.24) is 0 Å². The van der Waals surface area contributed by atoms with Gasteiger partial charge in [-0.2, -0.15) is 0 Å². The van der Waals surface area contributed by atoms with E-state index >= 15 is 0 Å². The summed E-state index contributed by atoms with van der Waals surface area (Å²) >= 11 is 2.37. The molecule has 0 aliphatic heterocycles. The second-order valence-electron chi connectivity index (χ2n) is 15.7. The van der Waals surface area contributed by atoms with Crippen molar-refractivity contribution >= 4 is 77.7 Å². The third kappa shape index (κ3) is 9.85. The Morgan fingerprint density at radius 1 is 0.538 bits per heavy atom. The van der Waals surface area contributed by atoms with Crippen LogP contribution in [0.1, 0.15) is 11.1 Å². The van der Waals surface area contributed by atoms with Gasteiger partial charge in [-0.05, 0) is 0 Å². The molecule has 10 heteroatoms. The summed E-state index contributed by atoms with van der Waals surface area (Å²) in [6.07, 6.45) is 0. The molecule has 1 nitrogen and oxygen atoms in total. The molecule has 0 unspecified atom stereocenters. The van der Waals surface area contributed by atoms with Crippen LogP contribution >= 0.6 is 0 Å². The van der Waals surface area contributed by atoms with Crippen LogP contribution in [0.4, 0.5) is 0 Å². The average Bonchev–Trinajstić information content (AvgIpc) is 2.74. The molecule has 6 radical (unpaired) electrons. The van der Waals surface area contributed by atoms with Crippen molar-refractivity contribution in [3.8, 4) is 0 Å². The van der Waals surface area contributed by atoms with Crippen LogP contribution in [-0.2, 0) is 8.86 Å². The van der Waals surface area contributed by atoms with Gasteiger partial charge >= 0.3 is 235 Å². The molecular weight excluding hydrogens is 662 g/mol. The van der Waals surface area contributed by atoms with E-state index in [0.29, 0.717) is 0 Å². The fourth-order valence-electron chi connectivity index (χ4n) is 6.60. The maximum absolute atomic E-state index is 7.81. The minimum atomic E-state index is -1.66. The maximum atomic E-state index is 7.81. The summed E-state index contributed by atoms with van der Waals surface area (Å²) in [5, 5.41) is 0. The van der Waals surface area contributed by atoms with Crippen LogP contribution in [0.3, 0.4) is 0 Å². The van der Waals surface area contributed by atoms with E-state index in [2.05, 4.69) is 182 Å². The van der Waals surface area contributed by atoms with Crippen molar-refractivity contribution in [2.24, 2.45) is 0 Å². The van der Waals surface area contributed by atoms with Gasteiger partial charge in [0.1, 0.15) is 0 Å². The van der Waals surface area contributed by atoms with Crippen molar-refractivity contribution in [1.29, 1.82) is 0 Å². The Hall–Kier alpha value is 0.678. The van der Waals surface area contributed by atoms with Gasteiger partial charge in [0.25, 0.3) is 0 Å². The summed E-state index contributed by atoms with van der Waals surface area (Å²) in [4.78, 5) is 0. The second-order valence-corrected chi connectivity index (χ2v) is 86.5. The van der Waals surface area contributed by atoms with Crippen LogP contribution in [0.25, 0.3) is 0 Å². The Bertz CT molecular complexity index is 953. The van der Waals surface area contributed by atoms with Gasteiger partial charge in [0.2, 0.25) is 0 Å². The van der Waals surface area contributed by atoms with E-state index in [1.54, 1.807) is 0 Å². The summed E-state index contributed by atoms with van der Waals surface area (Å²) in [6, 6.07) is 22.1. The van der Waals surface area contributed by atoms with Crippen LogP contribution in [0, 0.1) is 0 Å². The minimum Gasteiger partial charge on any atom is -0.0715 e. The van der Waals surface area contributed by atoms with Gasteiger partial charge in [-0.1, -0.05) is 19.6 Å². The molecule has 0 aromatic heterocycles. The number of rotatable bonds is 10.